The largest absolute Gasteiger partial charge is 0.479 e. The molecule has 0 saturated carbocycles. The first-order valence-electron chi connectivity index (χ1n) is 6.56. The number of para-hydroxylation sites is 1. The molecule has 0 aliphatic heterocycles. The van der Waals surface area contributed by atoms with E-state index in [9.17, 15) is 14.4 Å². The van der Waals surface area contributed by atoms with E-state index in [2.05, 4.69) is 4.98 Å². The van der Waals surface area contributed by atoms with Gasteiger partial charge in [0.15, 0.2) is 0 Å². The minimum atomic E-state index is -1.93. The molecule has 7 heteroatoms. The number of aromatic nitrogens is 1. The molecule has 0 bridgehead atoms. The molecule has 0 fully saturated rings. The van der Waals surface area contributed by atoms with Gasteiger partial charge in [0.2, 0.25) is 11.9 Å². The standard InChI is InChI=1S/C15H14N2O5/c18-12(17-13(14(19)20)15(21)22)6-5-9-7-10-3-1-2-4-11(10)16-8-9/h1-4,7-8,13H,5-6H2,(H,17,18)(H,19,20)(H,21,22). The van der Waals surface area contributed by atoms with Crippen LogP contribution in [0.2, 0.25) is 0 Å². The van der Waals surface area contributed by atoms with Gasteiger partial charge in [0, 0.05) is 18.0 Å². The van der Waals surface area contributed by atoms with Crippen LogP contribution in [0.3, 0.4) is 0 Å². The molecular weight excluding hydrogens is 288 g/mol. The maximum atomic E-state index is 11.6. The molecule has 22 heavy (non-hydrogen) atoms. The number of carbonyl (C=O) groups excluding carboxylic acids is 1. The highest BCUT2D eigenvalue weighted by Crippen LogP contribution is 2.13. The van der Waals surface area contributed by atoms with Crippen molar-refractivity contribution in [2.45, 2.75) is 18.9 Å². The summed E-state index contributed by atoms with van der Waals surface area (Å²) in [5.74, 6) is -3.84. The Morgan fingerprint density at radius 2 is 1.82 bits per heavy atom. The van der Waals surface area contributed by atoms with Crippen molar-refractivity contribution in [1.82, 2.24) is 10.3 Å². The number of fused-ring (bicyclic) bond motifs is 1. The monoisotopic (exact) mass is 302 g/mol. The molecule has 0 spiro atoms. The molecule has 1 aromatic heterocycles. The quantitative estimate of drug-likeness (QED) is 0.680. The van der Waals surface area contributed by atoms with E-state index < -0.39 is 23.9 Å². The van der Waals surface area contributed by atoms with Crippen molar-refractivity contribution in [2.24, 2.45) is 0 Å². The minimum Gasteiger partial charge on any atom is -0.479 e. The zero-order valence-electron chi connectivity index (χ0n) is 11.5. The zero-order chi connectivity index (χ0) is 16.1. The number of rotatable bonds is 6. The fourth-order valence-electron chi connectivity index (χ4n) is 1.97. The third kappa shape index (κ3) is 3.78. The maximum absolute atomic E-state index is 11.6. The topological polar surface area (TPSA) is 117 Å². The molecule has 0 unspecified atom stereocenters. The number of hydrogen-bond acceptors (Lipinski definition) is 4. The molecular formula is C15H14N2O5. The highest BCUT2D eigenvalue weighted by Gasteiger charge is 2.27. The molecule has 3 N–H and O–H groups in total. The van der Waals surface area contributed by atoms with Gasteiger partial charge in [0.05, 0.1) is 5.52 Å². The number of benzene rings is 1. The van der Waals surface area contributed by atoms with Crippen LogP contribution >= 0.6 is 0 Å². The fourth-order valence-corrected chi connectivity index (χ4v) is 1.97. The van der Waals surface area contributed by atoms with E-state index in [1.807, 2.05) is 35.6 Å². The second-order valence-corrected chi connectivity index (χ2v) is 4.71. The highest BCUT2D eigenvalue weighted by atomic mass is 16.4. The number of nitrogens with one attached hydrogen (secondary N) is 1. The van der Waals surface area contributed by atoms with Gasteiger partial charge >= 0.3 is 11.9 Å². The van der Waals surface area contributed by atoms with E-state index in [-0.39, 0.29) is 6.42 Å². The number of carboxylic acid groups (broad SMARTS) is 2. The Kier molecular flexibility index (Phi) is 4.67. The molecule has 1 amide bonds. The number of pyridine rings is 1. The smallest absolute Gasteiger partial charge is 0.338 e. The number of amides is 1. The predicted molar refractivity (Wildman–Crippen MR) is 77.3 cm³/mol. The Labute approximate surface area is 125 Å². The van der Waals surface area contributed by atoms with Crippen molar-refractivity contribution in [1.29, 1.82) is 0 Å². The van der Waals surface area contributed by atoms with E-state index in [1.54, 1.807) is 6.20 Å². The Bertz CT molecular complexity index is 715. The number of carboxylic acids is 2. The van der Waals surface area contributed by atoms with Crippen molar-refractivity contribution < 1.29 is 24.6 Å². The van der Waals surface area contributed by atoms with Gasteiger partial charge in [0.1, 0.15) is 0 Å². The second-order valence-electron chi connectivity index (χ2n) is 4.71. The number of nitrogens with zero attached hydrogens (tertiary/aromatic N) is 1. The molecule has 0 aliphatic rings. The van der Waals surface area contributed by atoms with Gasteiger partial charge in [-0.05, 0) is 24.1 Å². The summed E-state index contributed by atoms with van der Waals surface area (Å²) in [5, 5.41) is 20.3. The van der Waals surface area contributed by atoms with Gasteiger partial charge in [-0.15, -0.1) is 0 Å². The van der Waals surface area contributed by atoms with Crippen LogP contribution in [0.1, 0.15) is 12.0 Å². The van der Waals surface area contributed by atoms with Crippen molar-refractivity contribution in [3.8, 4) is 0 Å². The van der Waals surface area contributed by atoms with Gasteiger partial charge in [-0.25, -0.2) is 9.59 Å². The highest BCUT2D eigenvalue weighted by molar-refractivity contribution is 6.00. The fraction of sp³-hybridized carbons (Fsp3) is 0.200. The number of carbonyl (C=O) groups is 3. The van der Waals surface area contributed by atoms with Crippen LogP contribution in [-0.4, -0.2) is 39.1 Å². The molecule has 2 rings (SSSR count). The van der Waals surface area contributed by atoms with E-state index in [4.69, 9.17) is 10.2 Å². The molecule has 1 heterocycles. The third-order valence-corrected chi connectivity index (χ3v) is 3.09. The first-order valence-corrected chi connectivity index (χ1v) is 6.56. The van der Waals surface area contributed by atoms with Gasteiger partial charge < -0.3 is 15.5 Å². The predicted octanol–water partition coefficient (Wildman–Crippen LogP) is 0.821. The lowest BCUT2D eigenvalue weighted by Crippen LogP contribution is -2.46. The van der Waals surface area contributed by atoms with Crippen LogP contribution in [-0.2, 0) is 20.8 Å². The lowest BCUT2D eigenvalue weighted by molar-refractivity contribution is -0.153. The average molecular weight is 302 g/mol. The Morgan fingerprint density at radius 1 is 1.14 bits per heavy atom. The van der Waals surface area contributed by atoms with Crippen molar-refractivity contribution >= 4 is 28.7 Å². The SMILES string of the molecule is O=C(CCc1cnc2ccccc2c1)NC(C(=O)O)C(=O)O. The minimum absolute atomic E-state index is 0.0168. The van der Waals surface area contributed by atoms with Crippen LogP contribution in [0.4, 0.5) is 0 Å². The van der Waals surface area contributed by atoms with Crippen LogP contribution in [0.5, 0.6) is 0 Å². The molecule has 0 saturated heterocycles. The van der Waals surface area contributed by atoms with E-state index in [1.165, 1.54) is 0 Å². The second kappa shape index (κ2) is 6.66. The van der Waals surface area contributed by atoms with Gasteiger partial charge in [-0.2, -0.15) is 0 Å². The van der Waals surface area contributed by atoms with E-state index >= 15 is 0 Å². The maximum Gasteiger partial charge on any atom is 0.338 e. The average Bonchev–Trinajstić information content (AvgIpc) is 2.49. The molecule has 0 atom stereocenters. The van der Waals surface area contributed by atoms with Gasteiger partial charge in [-0.3, -0.25) is 9.78 Å². The lowest BCUT2D eigenvalue weighted by atomic mass is 10.1. The Hall–Kier alpha value is -2.96. The summed E-state index contributed by atoms with van der Waals surface area (Å²) in [5.41, 5.74) is 1.66. The molecule has 7 nitrogen and oxygen atoms in total. The molecule has 0 radical (unpaired) electrons. The third-order valence-electron chi connectivity index (χ3n) is 3.09. The van der Waals surface area contributed by atoms with Crippen LogP contribution in [0, 0.1) is 0 Å². The summed E-state index contributed by atoms with van der Waals surface area (Å²) in [6.45, 7) is 0. The van der Waals surface area contributed by atoms with E-state index in [0.717, 1.165) is 16.5 Å². The van der Waals surface area contributed by atoms with Gasteiger partial charge in [0.25, 0.3) is 0 Å². The summed E-state index contributed by atoms with van der Waals surface area (Å²) >= 11 is 0. The Balaban J connectivity index is 1.97. The van der Waals surface area contributed by atoms with Crippen molar-refractivity contribution in [3.05, 3.63) is 42.1 Å². The molecule has 1 aromatic carbocycles. The summed E-state index contributed by atoms with van der Waals surface area (Å²) in [7, 11) is 0. The summed E-state index contributed by atoms with van der Waals surface area (Å²) in [6.07, 6.45) is 1.97. The van der Waals surface area contributed by atoms with Crippen LogP contribution < -0.4 is 5.32 Å². The molecule has 0 aliphatic carbocycles. The van der Waals surface area contributed by atoms with E-state index in [0.29, 0.717) is 6.42 Å². The first-order chi connectivity index (χ1) is 10.5. The molecule has 2 aromatic rings. The van der Waals surface area contributed by atoms with Crippen LogP contribution in [0.25, 0.3) is 10.9 Å². The summed E-state index contributed by atoms with van der Waals surface area (Å²) in [4.78, 5) is 37.3. The number of hydrogen-bond donors (Lipinski definition) is 3. The molecule has 114 valence electrons. The normalized spacial score (nSPS) is 10.6. The number of aliphatic carboxylic acids is 2. The van der Waals surface area contributed by atoms with Crippen molar-refractivity contribution in [2.75, 3.05) is 0 Å². The lowest BCUT2D eigenvalue weighted by Gasteiger charge is -2.10. The zero-order valence-corrected chi connectivity index (χ0v) is 11.5. The van der Waals surface area contributed by atoms with Crippen molar-refractivity contribution in [3.63, 3.8) is 0 Å². The number of aryl methyl sites for hydroxylation is 1. The van der Waals surface area contributed by atoms with Gasteiger partial charge in [-0.1, -0.05) is 18.2 Å². The Morgan fingerprint density at radius 3 is 2.50 bits per heavy atom. The first kappa shape index (κ1) is 15.4. The summed E-state index contributed by atoms with van der Waals surface area (Å²) in [6, 6.07) is 7.49. The summed E-state index contributed by atoms with van der Waals surface area (Å²) < 4.78 is 0. The van der Waals surface area contributed by atoms with Crippen LogP contribution in [0.15, 0.2) is 36.5 Å².